The molecule has 140 valence electrons. The van der Waals surface area contributed by atoms with Crippen LogP contribution in [0.2, 0.25) is 10.0 Å². The van der Waals surface area contributed by atoms with Crippen molar-refractivity contribution in [1.29, 1.82) is 0 Å². The lowest BCUT2D eigenvalue weighted by Gasteiger charge is -2.19. The molecule has 0 fully saturated rings. The first-order valence-electron chi connectivity index (χ1n) is 8.09. The molecule has 0 aliphatic heterocycles. The van der Waals surface area contributed by atoms with Gasteiger partial charge in [-0.15, -0.1) is 0 Å². The Balaban J connectivity index is 2.23. The zero-order valence-corrected chi connectivity index (χ0v) is 16.6. The first kappa shape index (κ1) is 20.3. The molecule has 2 rings (SSSR count). The number of halogens is 2. The molecule has 0 radical (unpaired) electrons. The van der Waals surface area contributed by atoms with Crippen LogP contribution in [0.25, 0.3) is 5.69 Å². The van der Waals surface area contributed by atoms with E-state index in [4.69, 9.17) is 28.3 Å². The zero-order valence-electron chi connectivity index (χ0n) is 15.1. The van der Waals surface area contributed by atoms with Crippen molar-refractivity contribution in [3.8, 4) is 5.69 Å². The third-order valence-corrected chi connectivity index (χ3v) is 5.05. The van der Waals surface area contributed by atoms with Crippen LogP contribution in [0.4, 0.5) is 0 Å². The molecule has 0 spiro atoms. The first-order valence-corrected chi connectivity index (χ1v) is 8.84. The highest BCUT2D eigenvalue weighted by Crippen LogP contribution is 2.26. The van der Waals surface area contributed by atoms with Crippen molar-refractivity contribution in [3.05, 3.63) is 45.2 Å². The number of carboxylic acids is 1. The second-order valence-electron chi connectivity index (χ2n) is 6.35. The summed E-state index contributed by atoms with van der Waals surface area (Å²) in [6, 6.07) is 5.22. The van der Waals surface area contributed by atoms with E-state index in [1.54, 1.807) is 36.9 Å². The van der Waals surface area contributed by atoms with Crippen LogP contribution < -0.4 is 0 Å². The molecule has 6 nitrogen and oxygen atoms in total. The number of carbonyl (C=O) groups excluding carboxylic acids is 1. The number of hydrogen-bond acceptors (Lipinski definition) is 3. The smallest absolute Gasteiger partial charge is 0.308 e. The fourth-order valence-electron chi connectivity index (χ4n) is 2.68. The van der Waals surface area contributed by atoms with E-state index in [-0.39, 0.29) is 18.9 Å². The lowest BCUT2D eigenvalue weighted by Crippen LogP contribution is -2.34. The van der Waals surface area contributed by atoms with Crippen molar-refractivity contribution < 1.29 is 14.7 Å². The molecule has 26 heavy (non-hydrogen) atoms. The van der Waals surface area contributed by atoms with Gasteiger partial charge >= 0.3 is 5.97 Å². The van der Waals surface area contributed by atoms with Crippen LogP contribution in [0.1, 0.15) is 23.9 Å². The van der Waals surface area contributed by atoms with Crippen LogP contribution in [-0.2, 0) is 16.0 Å². The number of rotatable bonds is 6. The highest BCUT2D eigenvalue weighted by molar-refractivity contribution is 6.42. The van der Waals surface area contributed by atoms with E-state index in [2.05, 4.69) is 5.10 Å². The summed E-state index contributed by atoms with van der Waals surface area (Å²) in [7, 11) is 1.61. The Bertz CT molecular complexity index is 848. The number of benzene rings is 1. The quantitative estimate of drug-likeness (QED) is 0.808. The highest BCUT2D eigenvalue weighted by Gasteiger charge is 2.21. The van der Waals surface area contributed by atoms with E-state index < -0.39 is 11.9 Å². The lowest BCUT2D eigenvalue weighted by molar-refractivity contribution is -0.142. The van der Waals surface area contributed by atoms with Crippen molar-refractivity contribution in [2.75, 3.05) is 13.6 Å². The monoisotopic (exact) mass is 397 g/mol. The van der Waals surface area contributed by atoms with Crippen LogP contribution in [0.15, 0.2) is 18.2 Å². The number of likely N-dealkylation sites (N-methyl/N-ethyl adjacent to an activating group) is 1. The molecule has 2 aromatic rings. The summed E-state index contributed by atoms with van der Waals surface area (Å²) in [6.07, 6.45) is 0.155. The Morgan fingerprint density at radius 3 is 2.50 bits per heavy atom. The average Bonchev–Trinajstić information content (AvgIpc) is 2.85. The first-order chi connectivity index (χ1) is 12.1. The summed E-state index contributed by atoms with van der Waals surface area (Å²) in [5, 5.41) is 14.4. The van der Waals surface area contributed by atoms with Gasteiger partial charge in [0.2, 0.25) is 5.91 Å². The molecule has 1 unspecified atom stereocenters. The Morgan fingerprint density at radius 2 is 1.92 bits per heavy atom. The summed E-state index contributed by atoms with van der Waals surface area (Å²) in [5.41, 5.74) is 3.14. The van der Waals surface area contributed by atoms with Gasteiger partial charge in [-0.3, -0.25) is 9.59 Å². The Kier molecular flexibility index (Phi) is 6.31. The van der Waals surface area contributed by atoms with Crippen LogP contribution in [0, 0.1) is 19.8 Å². The summed E-state index contributed by atoms with van der Waals surface area (Å²) >= 11 is 12.0. The SMILES string of the molecule is Cc1nn(-c2ccc(Cl)c(Cl)c2)c(C)c1CC(=O)N(C)CC(C)C(=O)O. The van der Waals surface area contributed by atoms with Gasteiger partial charge in [-0.2, -0.15) is 5.10 Å². The van der Waals surface area contributed by atoms with Crippen LogP contribution >= 0.6 is 23.2 Å². The summed E-state index contributed by atoms with van der Waals surface area (Å²) in [4.78, 5) is 24.9. The van der Waals surface area contributed by atoms with Gasteiger partial charge in [0.1, 0.15) is 0 Å². The fourth-order valence-corrected chi connectivity index (χ4v) is 2.97. The van der Waals surface area contributed by atoms with E-state index in [1.807, 2.05) is 13.8 Å². The predicted octanol–water partition coefficient (Wildman–Crippen LogP) is 3.52. The topological polar surface area (TPSA) is 75.4 Å². The van der Waals surface area contributed by atoms with E-state index in [0.717, 1.165) is 22.6 Å². The van der Waals surface area contributed by atoms with Gasteiger partial charge in [0, 0.05) is 24.8 Å². The molecule has 8 heteroatoms. The minimum Gasteiger partial charge on any atom is -0.481 e. The maximum atomic E-state index is 12.5. The third kappa shape index (κ3) is 4.37. The predicted molar refractivity (Wildman–Crippen MR) is 101 cm³/mol. The number of aryl methyl sites for hydroxylation is 1. The number of aliphatic carboxylic acids is 1. The second-order valence-corrected chi connectivity index (χ2v) is 7.16. The van der Waals surface area contributed by atoms with E-state index in [1.165, 1.54) is 4.90 Å². The van der Waals surface area contributed by atoms with Crippen LogP contribution in [0.3, 0.4) is 0 Å². The number of carboxylic acid groups (broad SMARTS) is 1. The normalized spacial score (nSPS) is 12.1. The zero-order chi connectivity index (χ0) is 19.6. The van der Waals surface area contributed by atoms with Crippen molar-refractivity contribution >= 4 is 35.1 Å². The maximum Gasteiger partial charge on any atom is 0.308 e. The molecule has 1 N–H and O–H groups in total. The van der Waals surface area contributed by atoms with Gasteiger partial charge in [-0.25, -0.2) is 4.68 Å². The summed E-state index contributed by atoms with van der Waals surface area (Å²) in [5.74, 6) is -1.70. The molecular weight excluding hydrogens is 377 g/mol. The van der Waals surface area contributed by atoms with E-state index in [9.17, 15) is 9.59 Å². The Labute approximate surface area is 162 Å². The van der Waals surface area contributed by atoms with Crippen molar-refractivity contribution in [1.82, 2.24) is 14.7 Å². The molecule has 0 saturated carbocycles. The third-order valence-electron chi connectivity index (χ3n) is 4.31. The van der Waals surface area contributed by atoms with E-state index in [0.29, 0.717) is 10.0 Å². The molecular formula is C18H21Cl2N3O3. The minimum absolute atomic E-state index is 0.155. The maximum absolute atomic E-state index is 12.5. The second kappa shape index (κ2) is 8.10. The molecule has 1 aromatic heterocycles. The Morgan fingerprint density at radius 1 is 1.27 bits per heavy atom. The van der Waals surface area contributed by atoms with Gasteiger partial charge in [-0.05, 0) is 32.0 Å². The highest BCUT2D eigenvalue weighted by atomic mass is 35.5. The molecule has 0 bridgehead atoms. The standard InChI is InChI=1S/C18H21Cl2N3O3/c1-10(18(25)26)9-22(4)17(24)8-14-11(2)21-23(12(14)3)13-5-6-15(19)16(20)7-13/h5-7,10H,8-9H2,1-4H3,(H,25,26). The van der Waals surface area contributed by atoms with Gasteiger partial charge < -0.3 is 10.0 Å². The number of hydrogen-bond donors (Lipinski definition) is 1. The van der Waals surface area contributed by atoms with Crippen molar-refractivity contribution in [3.63, 3.8) is 0 Å². The Hall–Kier alpha value is -2.05. The number of nitrogens with zero attached hydrogens (tertiary/aromatic N) is 3. The molecule has 1 aromatic carbocycles. The molecule has 1 heterocycles. The van der Waals surface area contributed by atoms with Crippen LogP contribution in [-0.4, -0.2) is 45.3 Å². The number of amides is 1. The van der Waals surface area contributed by atoms with Gasteiger partial charge in [0.05, 0.1) is 33.8 Å². The molecule has 0 aliphatic carbocycles. The molecule has 0 saturated heterocycles. The fraction of sp³-hybridized carbons (Fsp3) is 0.389. The largest absolute Gasteiger partial charge is 0.481 e. The van der Waals surface area contributed by atoms with E-state index >= 15 is 0 Å². The van der Waals surface area contributed by atoms with Crippen molar-refractivity contribution in [2.45, 2.75) is 27.2 Å². The number of carbonyl (C=O) groups is 2. The van der Waals surface area contributed by atoms with Gasteiger partial charge in [-0.1, -0.05) is 30.1 Å². The van der Waals surface area contributed by atoms with Gasteiger partial charge in [0.25, 0.3) is 0 Å². The summed E-state index contributed by atoms with van der Waals surface area (Å²) < 4.78 is 1.72. The van der Waals surface area contributed by atoms with Crippen LogP contribution in [0.5, 0.6) is 0 Å². The molecule has 1 atom stereocenters. The minimum atomic E-state index is -0.926. The van der Waals surface area contributed by atoms with Crippen molar-refractivity contribution in [2.24, 2.45) is 5.92 Å². The molecule has 0 aliphatic rings. The number of aromatic nitrogens is 2. The average molecular weight is 398 g/mol. The summed E-state index contributed by atoms with van der Waals surface area (Å²) in [6.45, 7) is 5.45. The lowest BCUT2D eigenvalue weighted by atomic mass is 10.1. The van der Waals surface area contributed by atoms with Gasteiger partial charge in [0.15, 0.2) is 0 Å². The molecule has 1 amide bonds.